The summed E-state index contributed by atoms with van der Waals surface area (Å²) in [6, 6.07) is 6.49. The molecule has 1 aromatic heterocycles. The van der Waals surface area contributed by atoms with Crippen molar-refractivity contribution in [2.24, 2.45) is 0 Å². The fraction of sp³-hybridized carbons (Fsp3) is 0.444. The standard InChI is InChI=1S/C18H24N4O/c1-14-7-8-15(11-17(14)22-10-9-19-13-22)12-20-18(23)21-16-5-3-2-4-6-16/h7-11,13,16H,2-6,12H2,1H3,(H2,20,21,23). The number of hydrogen-bond donors (Lipinski definition) is 2. The predicted molar refractivity (Wildman–Crippen MR) is 90.5 cm³/mol. The maximum Gasteiger partial charge on any atom is 0.315 e. The van der Waals surface area contributed by atoms with Gasteiger partial charge in [0, 0.05) is 30.7 Å². The highest BCUT2D eigenvalue weighted by Crippen LogP contribution is 2.18. The molecule has 1 aromatic carbocycles. The Morgan fingerprint density at radius 3 is 2.87 bits per heavy atom. The van der Waals surface area contributed by atoms with Crippen LogP contribution < -0.4 is 10.6 Å². The van der Waals surface area contributed by atoms with Crippen LogP contribution in [0.2, 0.25) is 0 Å². The monoisotopic (exact) mass is 312 g/mol. The fourth-order valence-electron chi connectivity index (χ4n) is 3.11. The summed E-state index contributed by atoms with van der Waals surface area (Å²) in [5.41, 5.74) is 3.35. The molecule has 1 saturated carbocycles. The van der Waals surface area contributed by atoms with Crippen LogP contribution in [0.5, 0.6) is 0 Å². The third kappa shape index (κ3) is 4.12. The Labute approximate surface area is 137 Å². The minimum atomic E-state index is -0.0679. The predicted octanol–water partition coefficient (Wildman–Crippen LogP) is 3.31. The third-order valence-electron chi connectivity index (χ3n) is 4.45. The Balaban J connectivity index is 1.57. The van der Waals surface area contributed by atoms with E-state index < -0.39 is 0 Å². The van der Waals surface area contributed by atoms with E-state index in [-0.39, 0.29) is 6.03 Å². The number of benzene rings is 1. The van der Waals surface area contributed by atoms with Gasteiger partial charge in [-0.3, -0.25) is 0 Å². The molecule has 0 spiro atoms. The van der Waals surface area contributed by atoms with Crippen molar-refractivity contribution in [1.82, 2.24) is 20.2 Å². The normalized spacial score (nSPS) is 15.3. The number of rotatable bonds is 4. The van der Waals surface area contributed by atoms with Crippen LogP contribution in [0.3, 0.4) is 0 Å². The van der Waals surface area contributed by atoms with Crippen molar-refractivity contribution in [2.45, 2.75) is 51.6 Å². The highest BCUT2D eigenvalue weighted by Gasteiger charge is 2.15. The molecule has 0 aliphatic heterocycles. The molecule has 0 atom stereocenters. The van der Waals surface area contributed by atoms with Crippen LogP contribution >= 0.6 is 0 Å². The molecule has 1 heterocycles. The summed E-state index contributed by atoms with van der Waals surface area (Å²) < 4.78 is 1.99. The van der Waals surface area contributed by atoms with Crippen LogP contribution in [0.1, 0.15) is 43.2 Å². The second-order valence-corrected chi connectivity index (χ2v) is 6.25. The number of imidazole rings is 1. The summed E-state index contributed by atoms with van der Waals surface area (Å²) in [5.74, 6) is 0. The molecule has 0 unspecified atom stereocenters. The van der Waals surface area contributed by atoms with E-state index in [0.29, 0.717) is 12.6 Å². The lowest BCUT2D eigenvalue weighted by Gasteiger charge is -2.22. The molecule has 0 saturated heterocycles. The van der Waals surface area contributed by atoms with Gasteiger partial charge in [-0.05, 0) is 37.0 Å². The van der Waals surface area contributed by atoms with E-state index in [9.17, 15) is 4.79 Å². The van der Waals surface area contributed by atoms with Gasteiger partial charge < -0.3 is 15.2 Å². The Bertz CT molecular complexity index is 645. The topological polar surface area (TPSA) is 59.0 Å². The highest BCUT2D eigenvalue weighted by molar-refractivity contribution is 5.74. The average Bonchev–Trinajstić information content (AvgIpc) is 3.09. The van der Waals surface area contributed by atoms with Gasteiger partial charge in [0.2, 0.25) is 0 Å². The molecule has 0 bridgehead atoms. The van der Waals surface area contributed by atoms with Gasteiger partial charge in [0.25, 0.3) is 0 Å². The first-order chi connectivity index (χ1) is 11.2. The Hall–Kier alpha value is -2.30. The van der Waals surface area contributed by atoms with Gasteiger partial charge in [-0.15, -0.1) is 0 Å². The lowest BCUT2D eigenvalue weighted by molar-refractivity contribution is 0.232. The maximum absolute atomic E-state index is 12.0. The molecule has 2 aromatic rings. The number of nitrogens with zero attached hydrogens (tertiary/aromatic N) is 2. The molecule has 5 heteroatoms. The quantitative estimate of drug-likeness (QED) is 0.910. The van der Waals surface area contributed by atoms with E-state index in [4.69, 9.17) is 0 Å². The summed E-state index contributed by atoms with van der Waals surface area (Å²) in [5, 5.41) is 6.04. The van der Waals surface area contributed by atoms with Crippen LogP contribution in [-0.2, 0) is 6.54 Å². The highest BCUT2D eigenvalue weighted by atomic mass is 16.2. The zero-order valence-electron chi connectivity index (χ0n) is 13.6. The summed E-state index contributed by atoms with van der Waals surface area (Å²) >= 11 is 0. The van der Waals surface area contributed by atoms with Gasteiger partial charge in [-0.2, -0.15) is 0 Å². The van der Waals surface area contributed by atoms with Gasteiger partial charge in [-0.1, -0.05) is 31.4 Å². The lowest BCUT2D eigenvalue weighted by Crippen LogP contribution is -2.42. The van der Waals surface area contributed by atoms with Gasteiger partial charge in [0.15, 0.2) is 0 Å². The van der Waals surface area contributed by atoms with E-state index >= 15 is 0 Å². The van der Waals surface area contributed by atoms with Crippen molar-refractivity contribution in [3.8, 4) is 5.69 Å². The van der Waals surface area contributed by atoms with Crippen molar-refractivity contribution in [1.29, 1.82) is 0 Å². The molecule has 0 radical (unpaired) electrons. The number of aromatic nitrogens is 2. The van der Waals surface area contributed by atoms with Crippen LogP contribution in [0.4, 0.5) is 4.79 Å². The fourth-order valence-corrected chi connectivity index (χ4v) is 3.11. The van der Waals surface area contributed by atoms with E-state index in [1.807, 2.05) is 10.8 Å². The largest absolute Gasteiger partial charge is 0.335 e. The number of carbonyl (C=O) groups is 1. The molecule has 3 rings (SSSR count). The SMILES string of the molecule is Cc1ccc(CNC(=O)NC2CCCCC2)cc1-n1ccnc1. The molecular weight excluding hydrogens is 288 g/mol. The second-order valence-electron chi connectivity index (χ2n) is 6.25. The minimum Gasteiger partial charge on any atom is -0.335 e. The smallest absolute Gasteiger partial charge is 0.315 e. The van der Waals surface area contributed by atoms with Gasteiger partial charge in [0.05, 0.1) is 6.33 Å². The first-order valence-electron chi connectivity index (χ1n) is 8.34. The molecule has 5 nitrogen and oxygen atoms in total. The van der Waals surface area contributed by atoms with E-state index in [1.165, 1.54) is 24.8 Å². The van der Waals surface area contributed by atoms with Gasteiger partial charge in [0.1, 0.15) is 0 Å². The van der Waals surface area contributed by atoms with Crippen LogP contribution in [-0.4, -0.2) is 21.6 Å². The number of nitrogens with one attached hydrogen (secondary N) is 2. The van der Waals surface area contributed by atoms with E-state index in [0.717, 1.165) is 24.1 Å². The van der Waals surface area contributed by atoms with Crippen molar-refractivity contribution >= 4 is 6.03 Å². The van der Waals surface area contributed by atoms with Crippen LogP contribution in [0, 0.1) is 6.92 Å². The first kappa shape index (κ1) is 15.6. The number of amides is 2. The van der Waals surface area contributed by atoms with Crippen molar-refractivity contribution in [2.75, 3.05) is 0 Å². The lowest BCUT2D eigenvalue weighted by atomic mass is 9.96. The molecule has 122 valence electrons. The summed E-state index contributed by atoms with van der Waals surface area (Å²) in [7, 11) is 0. The summed E-state index contributed by atoms with van der Waals surface area (Å²) in [6.45, 7) is 2.60. The van der Waals surface area contributed by atoms with Crippen LogP contribution in [0.25, 0.3) is 5.69 Å². The molecule has 1 aliphatic rings. The number of urea groups is 1. The first-order valence-corrected chi connectivity index (χ1v) is 8.34. The van der Waals surface area contributed by atoms with Crippen molar-refractivity contribution in [3.63, 3.8) is 0 Å². The second kappa shape index (κ2) is 7.31. The van der Waals surface area contributed by atoms with Gasteiger partial charge >= 0.3 is 6.03 Å². The molecule has 1 aliphatic carbocycles. The molecular formula is C18H24N4O. The third-order valence-corrected chi connectivity index (χ3v) is 4.45. The van der Waals surface area contributed by atoms with Crippen LogP contribution in [0.15, 0.2) is 36.9 Å². The minimum absolute atomic E-state index is 0.0679. The zero-order chi connectivity index (χ0) is 16.1. The summed E-state index contributed by atoms with van der Waals surface area (Å²) in [4.78, 5) is 16.1. The van der Waals surface area contributed by atoms with Crippen molar-refractivity contribution in [3.05, 3.63) is 48.0 Å². The molecule has 1 fully saturated rings. The maximum atomic E-state index is 12.0. The number of hydrogen-bond acceptors (Lipinski definition) is 2. The molecule has 2 amide bonds. The van der Waals surface area contributed by atoms with E-state index in [1.54, 1.807) is 12.5 Å². The Morgan fingerprint density at radius 1 is 1.30 bits per heavy atom. The summed E-state index contributed by atoms with van der Waals surface area (Å²) in [6.07, 6.45) is 11.4. The molecule has 23 heavy (non-hydrogen) atoms. The molecule has 2 N–H and O–H groups in total. The van der Waals surface area contributed by atoms with Gasteiger partial charge in [-0.25, -0.2) is 9.78 Å². The van der Waals surface area contributed by atoms with E-state index in [2.05, 4.69) is 40.7 Å². The average molecular weight is 312 g/mol. The zero-order valence-corrected chi connectivity index (χ0v) is 13.6. The Kier molecular flexibility index (Phi) is 4.95. The Morgan fingerprint density at radius 2 is 2.13 bits per heavy atom. The van der Waals surface area contributed by atoms with Crippen molar-refractivity contribution < 1.29 is 4.79 Å². The number of aryl methyl sites for hydroxylation is 1. The number of carbonyl (C=O) groups excluding carboxylic acids is 1.